The molecule has 1 aliphatic heterocycles. The molecule has 2 aliphatic rings. The van der Waals surface area contributed by atoms with E-state index >= 15 is 0 Å². The Hall–Kier alpha value is -0.720. The molecule has 0 bridgehead atoms. The third kappa shape index (κ3) is 2.27. The average molecular weight is 205 g/mol. The molecule has 0 saturated carbocycles. The first-order valence-corrected chi connectivity index (χ1v) is 6.28. The molecule has 1 heterocycles. The molecule has 0 N–H and O–H groups in total. The topological polar surface area (TPSA) is 3.24 Å². The van der Waals surface area contributed by atoms with Crippen LogP contribution in [0.3, 0.4) is 0 Å². The Bertz CT molecular complexity index is 296. The van der Waals surface area contributed by atoms with Crippen molar-refractivity contribution in [3.8, 4) is 0 Å². The molecular weight excluding hydrogens is 182 g/mol. The van der Waals surface area contributed by atoms with Gasteiger partial charge in [-0.1, -0.05) is 32.9 Å². The van der Waals surface area contributed by atoms with Gasteiger partial charge in [-0.2, -0.15) is 0 Å². The van der Waals surface area contributed by atoms with Crippen LogP contribution in [0.2, 0.25) is 0 Å². The van der Waals surface area contributed by atoms with Crippen LogP contribution in [0.1, 0.15) is 46.5 Å². The molecule has 15 heavy (non-hydrogen) atoms. The maximum Gasteiger partial charge on any atom is 0.0178 e. The maximum atomic E-state index is 2.62. The first-order valence-electron chi connectivity index (χ1n) is 6.28. The molecule has 0 aromatic heterocycles. The summed E-state index contributed by atoms with van der Waals surface area (Å²) in [7, 11) is 0. The summed E-state index contributed by atoms with van der Waals surface area (Å²) in [6, 6.07) is 0. The number of allylic oxidation sites excluding steroid dienone is 4. The summed E-state index contributed by atoms with van der Waals surface area (Å²) in [5.41, 5.74) is 3.60. The predicted molar refractivity (Wildman–Crippen MR) is 65.7 cm³/mol. The third-order valence-corrected chi connectivity index (χ3v) is 3.48. The average Bonchev–Trinajstić information content (AvgIpc) is 2.18. The number of hydrogen-bond donors (Lipinski definition) is 0. The highest BCUT2D eigenvalue weighted by atomic mass is 15.1. The highest BCUT2D eigenvalue weighted by Gasteiger charge is 2.27. The van der Waals surface area contributed by atoms with Gasteiger partial charge in [0.2, 0.25) is 0 Å². The van der Waals surface area contributed by atoms with Crippen LogP contribution in [0.4, 0.5) is 0 Å². The predicted octanol–water partition coefficient (Wildman–Crippen LogP) is 3.73. The van der Waals surface area contributed by atoms with Crippen molar-refractivity contribution in [2.75, 3.05) is 13.1 Å². The fourth-order valence-electron chi connectivity index (χ4n) is 2.68. The standard InChI is InChI=1S/C14H23N/c1-4-9-15-10-5-6-12-7-8-14(2,3)11-13(12)15/h7-8H,4-6,9-11H2,1-3H3. The van der Waals surface area contributed by atoms with Crippen molar-refractivity contribution in [3.05, 3.63) is 23.4 Å². The molecule has 1 nitrogen and oxygen atoms in total. The molecule has 0 spiro atoms. The first-order chi connectivity index (χ1) is 7.12. The Kier molecular flexibility index (Phi) is 2.90. The minimum atomic E-state index is 0.363. The quantitative estimate of drug-likeness (QED) is 0.664. The van der Waals surface area contributed by atoms with Gasteiger partial charge >= 0.3 is 0 Å². The SMILES string of the molecule is CCCN1CCCC2=C1CC(C)(C)C=C2. The lowest BCUT2D eigenvalue weighted by molar-refractivity contribution is 0.275. The minimum absolute atomic E-state index is 0.363. The molecule has 84 valence electrons. The number of hydrogen-bond acceptors (Lipinski definition) is 1. The van der Waals surface area contributed by atoms with Gasteiger partial charge in [0.05, 0.1) is 0 Å². The monoisotopic (exact) mass is 205 g/mol. The molecule has 0 aromatic carbocycles. The molecule has 0 amide bonds. The molecule has 0 unspecified atom stereocenters. The molecule has 0 radical (unpaired) electrons. The summed E-state index contributed by atoms with van der Waals surface area (Å²) < 4.78 is 0. The van der Waals surface area contributed by atoms with E-state index in [1.165, 1.54) is 38.8 Å². The second-order valence-corrected chi connectivity index (χ2v) is 5.56. The third-order valence-electron chi connectivity index (χ3n) is 3.48. The van der Waals surface area contributed by atoms with E-state index in [4.69, 9.17) is 0 Å². The molecule has 0 atom stereocenters. The van der Waals surface area contributed by atoms with E-state index in [1.54, 1.807) is 11.3 Å². The fraction of sp³-hybridized carbons (Fsp3) is 0.714. The van der Waals surface area contributed by atoms with Crippen LogP contribution >= 0.6 is 0 Å². The molecular formula is C14H23N. The van der Waals surface area contributed by atoms with Crippen molar-refractivity contribution in [3.63, 3.8) is 0 Å². The molecule has 1 heteroatoms. The van der Waals surface area contributed by atoms with Crippen molar-refractivity contribution >= 4 is 0 Å². The summed E-state index contributed by atoms with van der Waals surface area (Å²) in [5, 5.41) is 0. The highest BCUT2D eigenvalue weighted by Crippen LogP contribution is 2.38. The second-order valence-electron chi connectivity index (χ2n) is 5.56. The largest absolute Gasteiger partial charge is 0.375 e. The van der Waals surface area contributed by atoms with Gasteiger partial charge in [-0.3, -0.25) is 0 Å². The molecule has 0 aromatic rings. The van der Waals surface area contributed by atoms with Gasteiger partial charge in [0, 0.05) is 18.8 Å². The van der Waals surface area contributed by atoms with Gasteiger partial charge in [0.25, 0.3) is 0 Å². The Morgan fingerprint density at radius 1 is 1.40 bits per heavy atom. The zero-order valence-corrected chi connectivity index (χ0v) is 10.3. The summed E-state index contributed by atoms with van der Waals surface area (Å²) in [4.78, 5) is 2.62. The van der Waals surface area contributed by atoms with E-state index < -0.39 is 0 Å². The van der Waals surface area contributed by atoms with Crippen molar-refractivity contribution < 1.29 is 0 Å². The van der Waals surface area contributed by atoms with E-state index in [1.807, 2.05) is 0 Å². The lowest BCUT2D eigenvalue weighted by Crippen LogP contribution is -2.33. The zero-order chi connectivity index (χ0) is 10.9. The fourth-order valence-corrected chi connectivity index (χ4v) is 2.68. The Balaban J connectivity index is 2.21. The lowest BCUT2D eigenvalue weighted by Gasteiger charge is -2.39. The summed E-state index contributed by atoms with van der Waals surface area (Å²) in [5.74, 6) is 0. The van der Waals surface area contributed by atoms with E-state index in [0.717, 1.165) is 0 Å². The zero-order valence-electron chi connectivity index (χ0n) is 10.3. The normalized spacial score (nSPS) is 24.3. The Morgan fingerprint density at radius 3 is 2.93 bits per heavy atom. The van der Waals surface area contributed by atoms with Crippen LogP contribution in [-0.4, -0.2) is 18.0 Å². The second kappa shape index (κ2) is 4.03. The lowest BCUT2D eigenvalue weighted by atomic mass is 9.79. The van der Waals surface area contributed by atoms with Gasteiger partial charge in [0.15, 0.2) is 0 Å². The number of nitrogens with zero attached hydrogens (tertiary/aromatic N) is 1. The van der Waals surface area contributed by atoms with Crippen LogP contribution in [0.15, 0.2) is 23.4 Å². The van der Waals surface area contributed by atoms with Gasteiger partial charge in [0.1, 0.15) is 0 Å². The maximum absolute atomic E-state index is 2.62. The highest BCUT2D eigenvalue weighted by molar-refractivity contribution is 5.33. The number of rotatable bonds is 2. The molecule has 0 saturated heterocycles. The van der Waals surface area contributed by atoms with Gasteiger partial charge in [-0.25, -0.2) is 0 Å². The van der Waals surface area contributed by atoms with E-state index in [-0.39, 0.29) is 0 Å². The van der Waals surface area contributed by atoms with Gasteiger partial charge in [-0.05, 0) is 36.7 Å². The first kappa shape index (κ1) is 10.8. The smallest absolute Gasteiger partial charge is 0.0178 e. The van der Waals surface area contributed by atoms with Crippen LogP contribution in [0, 0.1) is 5.41 Å². The van der Waals surface area contributed by atoms with Crippen molar-refractivity contribution in [1.29, 1.82) is 0 Å². The van der Waals surface area contributed by atoms with Crippen molar-refractivity contribution in [2.24, 2.45) is 5.41 Å². The van der Waals surface area contributed by atoms with Crippen LogP contribution in [0.25, 0.3) is 0 Å². The van der Waals surface area contributed by atoms with Crippen molar-refractivity contribution in [2.45, 2.75) is 46.5 Å². The molecule has 2 rings (SSSR count). The van der Waals surface area contributed by atoms with Gasteiger partial charge in [-0.15, -0.1) is 0 Å². The van der Waals surface area contributed by atoms with E-state index in [2.05, 4.69) is 37.8 Å². The van der Waals surface area contributed by atoms with E-state index in [0.29, 0.717) is 5.41 Å². The van der Waals surface area contributed by atoms with Crippen molar-refractivity contribution in [1.82, 2.24) is 4.90 Å². The van der Waals surface area contributed by atoms with Crippen LogP contribution in [0.5, 0.6) is 0 Å². The summed E-state index contributed by atoms with van der Waals surface area (Å²) in [6.07, 6.45) is 9.90. The minimum Gasteiger partial charge on any atom is -0.375 e. The molecule has 0 fully saturated rings. The van der Waals surface area contributed by atoms with Crippen LogP contribution in [-0.2, 0) is 0 Å². The molecule has 1 aliphatic carbocycles. The van der Waals surface area contributed by atoms with E-state index in [9.17, 15) is 0 Å². The van der Waals surface area contributed by atoms with Gasteiger partial charge < -0.3 is 4.90 Å². The van der Waals surface area contributed by atoms with Crippen LogP contribution < -0.4 is 0 Å². The summed E-state index contributed by atoms with van der Waals surface area (Å²) in [6.45, 7) is 9.47. The Morgan fingerprint density at radius 2 is 2.20 bits per heavy atom. The Labute approximate surface area is 93.9 Å². The summed E-state index contributed by atoms with van der Waals surface area (Å²) >= 11 is 0.